The quantitative estimate of drug-likeness (QED) is 0.513. The molecule has 0 spiro atoms. The monoisotopic (exact) mass is 253 g/mol. The highest BCUT2D eigenvalue weighted by Gasteiger charge is 2.26. The molecule has 2 heteroatoms. The van der Waals surface area contributed by atoms with Crippen LogP contribution >= 0.6 is 22.9 Å². The maximum absolute atomic E-state index is 2.42. The number of piperidine rings is 1. The van der Waals surface area contributed by atoms with Crippen LogP contribution in [0.25, 0.3) is 0 Å². The summed E-state index contributed by atoms with van der Waals surface area (Å²) >= 11 is 2.42. The van der Waals surface area contributed by atoms with Crippen LogP contribution in [0, 0.1) is 5.41 Å². The van der Waals surface area contributed by atoms with Crippen molar-refractivity contribution in [3.8, 4) is 0 Å². The van der Waals surface area contributed by atoms with Crippen LogP contribution in [0.2, 0.25) is 0 Å². The van der Waals surface area contributed by atoms with Crippen molar-refractivity contribution in [2.75, 3.05) is 13.1 Å². The number of rotatable bonds is 1. The highest BCUT2D eigenvalue weighted by molar-refractivity contribution is 14.1. The molecular weight excluding hydrogens is 237 g/mol. The fourth-order valence-corrected chi connectivity index (χ4v) is 1.86. The van der Waals surface area contributed by atoms with Crippen molar-refractivity contribution in [2.24, 2.45) is 5.41 Å². The minimum Gasteiger partial charge on any atom is -0.248 e. The van der Waals surface area contributed by atoms with Gasteiger partial charge in [0.2, 0.25) is 0 Å². The zero-order valence-electron chi connectivity index (χ0n) is 6.86. The number of hydrogen-bond acceptors (Lipinski definition) is 1. The molecule has 0 aromatic heterocycles. The summed E-state index contributed by atoms with van der Waals surface area (Å²) in [4.78, 5) is 0. The van der Waals surface area contributed by atoms with E-state index in [9.17, 15) is 0 Å². The molecule has 1 aliphatic rings. The molecule has 0 amide bonds. The van der Waals surface area contributed by atoms with Crippen LogP contribution in [0.4, 0.5) is 0 Å². The molecule has 1 rings (SSSR count). The van der Waals surface area contributed by atoms with Crippen molar-refractivity contribution >= 4 is 22.9 Å². The van der Waals surface area contributed by atoms with Gasteiger partial charge in [-0.15, -0.1) is 0 Å². The minimum atomic E-state index is 0.654. The third-order valence-corrected chi connectivity index (χ3v) is 3.73. The van der Waals surface area contributed by atoms with Crippen LogP contribution in [0.1, 0.15) is 33.1 Å². The molecule has 1 nitrogen and oxygen atoms in total. The largest absolute Gasteiger partial charge is 0.248 e. The Labute approximate surface area is 77.7 Å². The zero-order chi connectivity index (χ0) is 7.61. The van der Waals surface area contributed by atoms with E-state index < -0.39 is 0 Å². The zero-order valence-corrected chi connectivity index (χ0v) is 9.02. The molecule has 0 N–H and O–H groups in total. The standard InChI is InChI=1S/C8H16IN/c1-3-8(2)4-6-10(9)7-5-8/h3-7H2,1-2H3. The van der Waals surface area contributed by atoms with Crippen LogP contribution < -0.4 is 0 Å². The SMILES string of the molecule is CCC1(C)CCN(I)CC1. The average Bonchev–Trinajstić information content (AvgIpc) is 1.96. The van der Waals surface area contributed by atoms with Crippen molar-refractivity contribution in [3.63, 3.8) is 0 Å². The van der Waals surface area contributed by atoms with E-state index in [4.69, 9.17) is 0 Å². The third kappa shape index (κ3) is 2.09. The average molecular weight is 253 g/mol. The van der Waals surface area contributed by atoms with Crippen molar-refractivity contribution in [3.05, 3.63) is 0 Å². The summed E-state index contributed by atoms with van der Waals surface area (Å²) in [6, 6.07) is 0. The lowest BCUT2D eigenvalue weighted by Gasteiger charge is -2.36. The van der Waals surface area contributed by atoms with E-state index in [1.54, 1.807) is 0 Å². The van der Waals surface area contributed by atoms with Crippen molar-refractivity contribution < 1.29 is 0 Å². The van der Waals surface area contributed by atoms with E-state index >= 15 is 0 Å². The maximum Gasteiger partial charge on any atom is 0.0201 e. The van der Waals surface area contributed by atoms with Gasteiger partial charge < -0.3 is 0 Å². The number of nitrogens with zero attached hydrogens (tertiary/aromatic N) is 1. The van der Waals surface area contributed by atoms with Crippen molar-refractivity contribution in [2.45, 2.75) is 33.1 Å². The van der Waals surface area contributed by atoms with Gasteiger partial charge in [0.05, 0.1) is 0 Å². The van der Waals surface area contributed by atoms with Gasteiger partial charge in [-0.2, -0.15) is 0 Å². The highest BCUT2D eigenvalue weighted by Crippen LogP contribution is 2.34. The van der Waals surface area contributed by atoms with E-state index in [-0.39, 0.29) is 0 Å². The minimum absolute atomic E-state index is 0.654. The van der Waals surface area contributed by atoms with E-state index in [1.165, 1.54) is 32.4 Å². The highest BCUT2D eigenvalue weighted by atomic mass is 127. The second-order valence-corrected chi connectivity index (χ2v) is 4.94. The summed E-state index contributed by atoms with van der Waals surface area (Å²) in [6.07, 6.45) is 4.11. The molecule has 0 aliphatic carbocycles. The van der Waals surface area contributed by atoms with Gasteiger partial charge in [0, 0.05) is 36.0 Å². The fraction of sp³-hybridized carbons (Fsp3) is 1.00. The second kappa shape index (κ2) is 3.39. The van der Waals surface area contributed by atoms with Gasteiger partial charge in [-0.25, -0.2) is 3.11 Å². The molecule has 0 unspecified atom stereocenters. The molecule has 0 aromatic rings. The molecule has 1 heterocycles. The molecule has 1 saturated heterocycles. The molecule has 0 bridgehead atoms. The molecule has 0 atom stereocenters. The first-order valence-electron chi connectivity index (χ1n) is 4.07. The Kier molecular flexibility index (Phi) is 2.98. The van der Waals surface area contributed by atoms with Gasteiger partial charge >= 0.3 is 0 Å². The van der Waals surface area contributed by atoms with Gasteiger partial charge in [0.1, 0.15) is 0 Å². The fourth-order valence-electron chi connectivity index (χ4n) is 1.37. The van der Waals surface area contributed by atoms with E-state index in [0.29, 0.717) is 5.41 Å². The first-order valence-corrected chi connectivity index (χ1v) is 5.03. The smallest absolute Gasteiger partial charge is 0.0201 e. The van der Waals surface area contributed by atoms with Gasteiger partial charge in [-0.05, 0) is 18.3 Å². The molecule has 1 aliphatic heterocycles. The normalized spacial score (nSPS) is 26.7. The summed E-state index contributed by atoms with van der Waals surface area (Å²) < 4.78 is 2.40. The lowest BCUT2D eigenvalue weighted by molar-refractivity contribution is 0.185. The Morgan fingerprint density at radius 3 is 2.30 bits per heavy atom. The van der Waals surface area contributed by atoms with E-state index in [2.05, 4.69) is 39.8 Å². The first kappa shape index (κ1) is 8.78. The topological polar surface area (TPSA) is 3.24 Å². The molecular formula is C8H16IN. The summed E-state index contributed by atoms with van der Waals surface area (Å²) in [6.45, 7) is 7.29. The Morgan fingerprint density at radius 2 is 1.90 bits per heavy atom. The van der Waals surface area contributed by atoms with Gasteiger partial charge in [-0.3, -0.25) is 0 Å². The van der Waals surface area contributed by atoms with Gasteiger partial charge in [0.15, 0.2) is 0 Å². The van der Waals surface area contributed by atoms with Crippen molar-refractivity contribution in [1.82, 2.24) is 3.11 Å². The molecule has 0 radical (unpaired) electrons. The van der Waals surface area contributed by atoms with Crippen LogP contribution in [0.5, 0.6) is 0 Å². The lowest BCUT2D eigenvalue weighted by atomic mass is 9.79. The summed E-state index contributed by atoms with van der Waals surface area (Å²) in [5, 5.41) is 0. The molecule has 1 fully saturated rings. The first-order chi connectivity index (χ1) is 4.66. The van der Waals surface area contributed by atoms with Crippen LogP contribution in [0.3, 0.4) is 0 Å². The molecule has 60 valence electrons. The Balaban J connectivity index is 2.38. The Morgan fingerprint density at radius 1 is 1.40 bits per heavy atom. The molecule has 10 heavy (non-hydrogen) atoms. The Bertz CT molecular complexity index is 106. The lowest BCUT2D eigenvalue weighted by Crippen LogP contribution is -2.32. The maximum atomic E-state index is 2.42. The second-order valence-electron chi connectivity index (χ2n) is 3.57. The van der Waals surface area contributed by atoms with Gasteiger partial charge in [-0.1, -0.05) is 20.3 Å². The predicted molar refractivity (Wildman–Crippen MR) is 53.2 cm³/mol. The van der Waals surface area contributed by atoms with Crippen LogP contribution in [-0.4, -0.2) is 16.2 Å². The predicted octanol–water partition coefficient (Wildman–Crippen LogP) is 2.85. The number of hydrogen-bond donors (Lipinski definition) is 0. The Hall–Kier alpha value is 0.690. The summed E-state index contributed by atoms with van der Waals surface area (Å²) in [7, 11) is 0. The third-order valence-electron chi connectivity index (χ3n) is 2.77. The summed E-state index contributed by atoms with van der Waals surface area (Å²) in [5.41, 5.74) is 0.654. The molecule has 0 saturated carbocycles. The van der Waals surface area contributed by atoms with Crippen LogP contribution in [0.15, 0.2) is 0 Å². The van der Waals surface area contributed by atoms with E-state index in [1.807, 2.05) is 0 Å². The van der Waals surface area contributed by atoms with Gasteiger partial charge in [0.25, 0.3) is 0 Å². The van der Waals surface area contributed by atoms with Crippen molar-refractivity contribution in [1.29, 1.82) is 0 Å². The van der Waals surface area contributed by atoms with Crippen LogP contribution in [-0.2, 0) is 0 Å². The molecule has 0 aromatic carbocycles. The van der Waals surface area contributed by atoms with E-state index in [0.717, 1.165) is 0 Å². The summed E-state index contributed by atoms with van der Waals surface area (Å²) in [5.74, 6) is 0. The number of halogens is 1.